The van der Waals surface area contributed by atoms with E-state index in [0.717, 1.165) is 6.42 Å². The van der Waals surface area contributed by atoms with E-state index >= 15 is 0 Å². The molecule has 0 aromatic rings. The van der Waals surface area contributed by atoms with Crippen molar-refractivity contribution >= 4 is 0 Å². The highest BCUT2D eigenvalue weighted by atomic mass is 14.0. The van der Waals surface area contributed by atoms with Crippen molar-refractivity contribution in [2.75, 3.05) is 0 Å². The fraction of sp³-hybridized carbons (Fsp3) is 0.812. The fourth-order valence-electron chi connectivity index (χ4n) is 1.95. The molecule has 0 aromatic carbocycles. The number of unbranched alkanes of at least 4 members (excludes halogenated alkanes) is 10. The van der Waals surface area contributed by atoms with Gasteiger partial charge in [0.05, 0.1) is 0 Å². The van der Waals surface area contributed by atoms with E-state index < -0.39 is 0 Å². The summed E-state index contributed by atoms with van der Waals surface area (Å²) in [7, 11) is 0. The van der Waals surface area contributed by atoms with Crippen LogP contribution >= 0.6 is 0 Å². The van der Waals surface area contributed by atoms with Crippen LogP contribution < -0.4 is 0 Å². The SMILES string of the molecule is [CH2]CCCCCCCCCCCC=C(C)C. The second kappa shape index (κ2) is 12.8. The second-order valence-electron chi connectivity index (χ2n) is 5.11. The number of rotatable bonds is 11. The van der Waals surface area contributed by atoms with Crippen LogP contribution in [0.15, 0.2) is 11.6 Å². The van der Waals surface area contributed by atoms with Crippen LogP contribution in [0.1, 0.15) is 84.5 Å². The zero-order valence-corrected chi connectivity index (χ0v) is 11.6. The summed E-state index contributed by atoms with van der Waals surface area (Å²) in [6.07, 6.45) is 17.5. The van der Waals surface area contributed by atoms with E-state index in [2.05, 4.69) is 26.8 Å². The van der Waals surface area contributed by atoms with Crippen molar-refractivity contribution in [2.45, 2.75) is 84.5 Å². The molecule has 95 valence electrons. The summed E-state index contributed by atoms with van der Waals surface area (Å²) in [4.78, 5) is 0. The molecule has 0 saturated carbocycles. The molecule has 0 saturated heterocycles. The van der Waals surface area contributed by atoms with Gasteiger partial charge >= 0.3 is 0 Å². The molecule has 0 rings (SSSR count). The lowest BCUT2D eigenvalue weighted by molar-refractivity contribution is 0.561. The van der Waals surface area contributed by atoms with Crippen molar-refractivity contribution in [3.8, 4) is 0 Å². The van der Waals surface area contributed by atoms with Gasteiger partial charge in [0.25, 0.3) is 0 Å². The number of allylic oxidation sites excluding steroid dienone is 2. The summed E-state index contributed by atoms with van der Waals surface area (Å²) in [6, 6.07) is 0. The lowest BCUT2D eigenvalue weighted by Crippen LogP contribution is -1.81. The van der Waals surface area contributed by atoms with Crippen LogP contribution in [0.25, 0.3) is 0 Å². The molecule has 0 aliphatic carbocycles. The topological polar surface area (TPSA) is 0 Å². The first-order valence-electron chi connectivity index (χ1n) is 7.20. The molecule has 1 radical (unpaired) electrons. The first-order chi connectivity index (χ1) is 7.77. The van der Waals surface area contributed by atoms with Crippen LogP contribution in [0, 0.1) is 6.92 Å². The summed E-state index contributed by atoms with van der Waals surface area (Å²) < 4.78 is 0. The normalized spacial score (nSPS) is 10.4. The first kappa shape index (κ1) is 15.7. The summed E-state index contributed by atoms with van der Waals surface area (Å²) in [6.45, 7) is 8.24. The molecular weight excluding hydrogens is 192 g/mol. The Morgan fingerprint density at radius 1 is 0.750 bits per heavy atom. The maximum atomic E-state index is 3.87. The van der Waals surface area contributed by atoms with Crippen molar-refractivity contribution < 1.29 is 0 Å². The molecule has 0 heteroatoms. The van der Waals surface area contributed by atoms with Gasteiger partial charge in [-0.3, -0.25) is 0 Å². The van der Waals surface area contributed by atoms with Gasteiger partial charge in [-0.2, -0.15) is 0 Å². The van der Waals surface area contributed by atoms with Crippen LogP contribution in [0.4, 0.5) is 0 Å². The van der Waals surface area contributed by atoms with Gasteiger partial charge in [0.2, 0.25) is 0 Å². The van der Waals surface area contributed by atoms with Crippen molar-refractivity contribution in [1.29, 1.82) is 0 Å². The summed E-state index contributed by atoms with van der Waals surface area (Å²) in [5.41, 5.74) is 1.46. The molecule has 0 unspecified atom stereocenters. The Morgan fingerprint density at radius 3 is 1.62 bits per heavy atom. The van der Waals surface area contributed by atoms with E-state index in [0.29, 0.717) is 0 Å². The average Bonchev–Trinajstić information content (AvgIpc) is 2.25. The molecule has 0 spiro atoms. The molecule has 0 aliphatic rings. The minimum absolute atomic E-state index is 1.12. The molecule has 0 N–H and O–H groups in total. The third-order valence-corrected chi connectivity index (χ3v) is 3.01. The predicted octanol–water partition coefficient (Wildman–Crippen LogP) is 6.08. The molecule has 0 heterocycles. The van der Waals surface area contributed by atoms with Gasteiger partial charge in [0, 0.05) is 0 Å². The molecule has 0 aromatic heterocycles. The predicted molar refractivity (Wildman–Crippen MR) is 75.6 cm³/mol. The third-order valence-electron chi connectivity index (χ3n) is 3.01. The first-order valence-corrected chi connectivity index (χ1v) is 7.20. The second-order valence-corrected chi connectivity index (χ2v) is 5.11. The Bertz CT molecular complexity index is 151. The van der Waals surface area contributed by atoms with Crippen LogP contribution in [0.3, 0.4) is 0 Å². The average molecular weight is 223 g/mol. The highest BCUT2D eigenvalue weighted by Gasteiger charge is 1.91. The fourth-order valence-corrected chi connectivity index (χ4v) is 1.95. The standard InChI is InChI=1S/C16H31/c1-4-5-6-7-8-9-10-11-12-13-14-15-16(2)3/h15H,1,4-14H2,2-3H3. The van der Waals surface area contributed by atoms with E-state index in [1.807, 2.05) is 0 Å². The molecule has 16 heavy (non-hydrogen) atoms. The van der Waals surface area contributed by atoms with Gasteiger partial charge in [-0.1, -0.05) is 76.4 Å². The van der Waals surface area contributed by atoms with E-state index in [1.165, 1.54) is 69.8 Å². The molecule has 0 amide bonds. The Balaban J connectivity index is 2.96. The van der Waals surface area contributed by atoms with Crippen LogP contribution in [0.5, 0.6) is 0 Å². The molecule has 0 fully saturated rings. The van der Waals surface area contributed by atoms with E-state index in [-0.39, 0.29) is 0 Å². The van der Waals surface area contributed by atoms with Crippen molar-refractivity contribution in [1.82, 2.24) is 0 Å². The summed E-state index contributed by atoms with van der Waals surface area (Å²) in [5, 5.41) is 0. The van der Waals surface area contributed by atoms with E-state index in [9.17, 15) is 0 Å². The van der Waals surface area contributed by atoms with E-state index in [1.54, 1.807) is 0 Å². The van der Waals surface area contributed by atoms with Gasteiger partial charge < -0.3 is 0 Å². The highest BCUT2D eigenvalue weighted by Crippen LogP contribution is 2.11. The van der Waals surface area contributed by atoms with Crippen molar-refractivity contribution in [2.24, 2.45) is 0 Å². The van der Waals surface area contributed by atoms with Crippen LogP contribution in [-0.4, -0.2) is 0 Å². The van der Waals surface area contributed by atoms with Crippen LogP contribution in [0.2, 0.25) is 0 Å². The molecule has 0 aliphatic heterocycles. The van der Waals surface area contributed by atoms with Gasteiger partial charge in [0.15, 0.2) is 0 Å². The van der Waals surface area contributed by atoms with E-state index in [4.69, 9.17) is 0 Å². The lowest BCUT2D eigenvalue weighted by Gasteiger charge is -2.01. The van der Waals surface area contributed by atoms with Gasteiger partial charge in [-0.15, -0.1) is 0 Å². The smallest absolute Gasteiger partial charge is 0.0348 e. The summed E-state index contributed by atoms with van der Waals surface area (Å²) in [5.74, 6) is 0. The minimum atomic E-state index is 1.12. The molecule has 0 atom stereocenters. The Morgan fingerprint density at radius 2 is 1.19 bits per heavy atom. The minimum Gasteiger partial charge on any atom is -0.0859 e. The maximum Gasteiger partial charge on any atom is -0.0348 e. The monoisotopic (exact) mass is 223 g/mol. The Labute approximate surface area is 104 Å². The highest BCUT2D eigenvalue weighted by molar-refractivity contribution is 4.92. The molecule has 0 nitrogen and oxygen atoms in total. The molecular formula is C16H31. The molecule has 0 bridgehead atoms. The maximum absolute atomic E-state index is 3.87. The summed E-state index contributed by atoms with van der Waals surface area (Å²) >= 11 is 0. The van der Waals surface area contributed by atoms with Crippen LogP contribution in [-0.2, 0) is 0 Å². The number of hydrogen-bond donors (Lipinski definition) is 0. The quantitative estimate of drug-likeness (QED) is 0.294. The zero-order chi connectivity index (χ0) is 12.1. The third kappa shape index (κ3) is 13.7. The van der Waals surface area contributed by atoms with Gasteiger partial charge in [-0.25, -0.2) is 0 Å². The lowest BCUT2D eigenvalue weighted by atomic mass is 10.1. The Hall–Kier alpha value is -0.260. The van der Waals surface area contributed by atoms with Gasteiger partial charge in [-0.05, 0) is 26.7 Å². The van der Waals surface area contributed by atoms with Crippen molar-refractivity contribution in [3.63, 3.8) is 0 Å². The van der Waals surface area contributed by atoms with Gasteiger partial charge in [0.1, 0.15) is 0 Å². The largest absolute Gasteiger partial charge is 0.0859 e. The van der Waals surface area contributed by atoms with Crippen molar-refractivity contribution in [3.05, 3.63) is 18.6 Å². The number of hydrogen-bond acceptors (Lipinski definition) is 0. The zero-order valence-electron chi connectivity index (χ0n) is 11.6. The Kier molecular flexibility index (Phi) is 12.6.